The van der Waals surface area contributed by atoms with Gasteiger partial charge in [-0.1, -0.05) is 18.2 Å². The van der Waals surface area contributed by atoms with Crippen LogP contribution in [0.25, 0.3) is 0 Å². The molecular weight excluding hydrogens is 406 g/mol. The van der Waals surface area contributed by atoms with Crippen molar-refractivity contribution in [2.24, 2.45) is 5.92 Å². The van der Waals surface area contributed by atoms with E-state index in [1.807, 2.05) is 0 Å². The lowest BCUT2D eigenvalue weighted by Crippen LogP contribution is -2.29. The number of imide groups is 1. The van der Waals surface area contributed by atoms with Gasteiger partial charge in [-0.2, -0.15) is 0 Å². The number of nitrogens with zero attached hydrogens (tertiary/aromatic N) is 1. The maximum absolute atomic E-state index is 12.7. The summed E-state index contributed by atoms with van der Waals surface area (Å²) in [6, 6.07) is 19.9. The van der Waals surface area contributed by atoms with Crippen LogP contribution >= 0.6 is 0 Å². The summed E-state index contributed by atoms with van der Waals surface area (Å²) in [5.74, 6) is -1.01. The molecule has 0 atom stereocenters. The minimum Gasteiger partial charge on any atom is -0.326 e. The first kappa shape index (κ1) is 19.7. The Morgan fingerprint density at radius 1 is 0.750 bits per heavy atom. The largest absolute Gasteiger partial charge is 0.326 e. The molecule has 158 valence electrons. The molecule has 0 aromatic heterocycles. The number of anilines is 3. The van der Waals surface area contributed by atoms with E-state index >= 15 is 0 Å². The molecule has 7 heteroatoms. The molecule has 3 aromatic carbocycles. The Morgan fingerprint density at radius 2 is 1.41 bits per heavy atom. The Kier molecular flexibility index (Phi) is 4.78. The first-order valence-electron chi connectivity index (χ1n) is 10.3. The lowest BCUT2D eigenvalue weighted by atomic mass is 10.1. The van der Waals surface area contributed by atoms with Crippen LogP contribution in [-0.4, -0.2) is 23.6 Å². The van der Waals surface area contributed by atoms with E-state index < -0.39 is 11.8 Å². The highest BCUT2D eigenvalue weighted by Gasteiger charge is 2.36. The van der Waals surface area contributed by atoms with E-state index in [0.717, 1.165) is 17.7 Å². The lowest BCUT2D eigenvalue weighted by molar-refractivity contribution is -0.117. The number of nitrogens with one attached hydrogen (secondary N) is 2. The van der Waals surface area contributed by atoms with E-state index in [-0.39, 0.29) is 17.7 Å². The maximum Gasteiger partial charge on any atom is 0.266 e. The zero-order valence-corrected chi connectivity index (χ0v) is 17.0. The van der Waals surface area contributed by atoms with E-state index in [9.17, 15) is 19.2 Å². The Bertz CT molecular complexity index is 1230. The van der Waals surface area contributed by atoms with Crippen LogP contribution in [0.3, 0.4) is 0 Å². The van der Waals surface area contributed by atoms with Crippen molar-refractivity contribution in [1.29, 1.82) is 0 Å². The van der Waals surface area contributed by atoms with Gasteiger partial charge in [0.25, 0.3) is 17.7 Å². The third kappa shape index (κ3) is 3.65. The SMILES string of the molecule is O=C(Nc1cccc(N2C(=O)c3ccccc3C2=O)c1)c1ccc(NC(=O)C2CC2)cc1. The third-order valence-corrected chi connectivity index (χ3v) is 5.52. The lowest BCUT2D eigenvalue weighted by Gasteiger charge is -2.15. The van der Waals surface area contributed by atoms with Gasteiger partial charge in [0.05, 0.1) is 16.8 Å². The standard InChI is InChI=1S/C25H19N3O4/c29-22(15-8-9-15)26-17-12-10-16(11-13-17)23(30)27-18-4-3-5-19(14-18)28-24(31)20-6-1-2-7-21(20)25(28)32/h1-7,10-15H,8-9H2,(H,26,29)(H,27,30). The van der Waals surface area contributed by atoms with Gasteiger partial charge in [0.2, 0.25) is 5.91 Å². The summed E-state index contributed by atoms with van der Waals surface area (Å²) < 4.78 is 0. The number of hydrogen-bond donors (Lipinski definition) is 2. The highest BCUT2D eigenvalue weighted by atomic mass is 16.2. The van der Waals surface area contributed by atoms with E-state index in [0.29, 0.717) is 33.8 Å². The number of benzene rings is 3. The molecule has 5 rings (SSSR count). The fourth-order valence-corrected chi connectivity index (χ4v) is 3.64. The molecule has 4 amide bonds. The molecule has 1 saturated carbocycles. The van der Waals surface area contributed by atoms with Crippen LogP contribution < -0.4 is 15.5 Å². The van der Waals surface area contributed by atoms with Crippen molar-refractivity contribution in [2.45, 2.75) is 12.8 Å². The summed E-state index contributed by atoms with van der Waals surface area (Å²) in [6.45, 7) is 0. The second kappa shape index (κ2) is 7.77. The fourth-order valence-electron chi connectivity index (χ4n) is 3.64. The van der Waals surface area contributed by atoms with Gasteiger partial charge < -0.3 is 10.6 Å². The van der Waals surface area contributed by atoms with Crippen molar-refractivity contribution in [1.82, 2.24) is 0 Å². The molecule has 1 aliphatic carbocycles. The van der Waals surface area contributed by atoms with E-state index in [1.165, 1.54) is 0 Å². The van der Waals surface area contributed by atoms with Crippen LogP contribution in [0.1, 0.15) is 43.9 Å². The third-order valence-electron chi connectivity index (χ3n) is 5.52. The average Bonchev–Trinajstić information content (AvgIpc) is 3.62. The second-order valence-electron chi connectivity index (χ2n) is 7.84. The second-order valence-corrected chi connectivity index (χ2v) is 7.84. The van der Waals surface area contributed by atoms with Crippen molar-refractivity contribution in [2.75, 3.05) is 15.5 Å². The van der Waals surface area contributed by atoms with Crippen molar-refractivity contribution in [3.8, 4) is 0 Å². The van der Waals surface area contributed by atoms with Crippen molar-refractivity contribution >= 4 is 40.7 Å². The quantitative estimate of drug-likeness (QED) is 0.602. The number of hydrogen-bond acceptors (Lipinski definition) is 4. The molecule has 1 heterocycles. The van der Waals surface area contributed by atoms with Crippen LogP contribution in [0, 0.1) is 5.92 Å². The van der Waals surface area contributed by atoms with Gasteiger partial charge in [-0.15, -0.1) is 0 Å². The van der Waals surface area contributed by atoms with Gasteiger partial charge in [-0.25, -0.2) is 4.90 Å². The van der Waals surface area contributed by atoms with E-state index in [2.05, 4.69) is 10.6 Å². The van der Waals surface area contributed by atoms with Crippen LogP contribution in [-0.2, 0) is 4.79 Å². The molecular formula is C25H19N3O4. The predicted molar refractivity (Wildman–Crippen MR) is 120 cm³/mol. The topological polar surface area (TPSA) is 95.6 Å². The van der Waals surface area contributed by atoms with E-state index in [1.54, 1.807) is 72.8 Å². The van der Waals surface area contributed by atoms with E-state index in [4.69, 9.17) is 0 Å². The summed E-state index contributed by atoms with van der Waals surface area (Å²) in [5, 5.41) is 5.62. The van der Waals surface area contributed by atoms with Crippen molar-refractivity contribution < 1.29 is 19.2 Å². The molecule has 7 nitrogen and oxygen atoms in total. The minimum absolute atomic E-state index is 0.00664. The Labute approximate surface area is 184 Å². The number of amides is 4. The van der Waals surface area contributed by atoms with Crippen LogP contribution in [0.15, 0.2) is 72.8 Å². The molecule has 0 spiro atoms. The number of carbonyl (C=O) groups is 4. The van der Waals surface area contributed by atoms with Gasteiger partial charge in [0.1, 0.15) is 0 Å². The Balaban J connectivity index is 1.30. The van der Waals surface area contributed by atoms with Crippen LogP contribution in [0.2, 0.25) is 0 Å². The number of carbonyl (C=O) groups excluding carboxylic acids is 4. The summed E-state index contributed by atoms with van der Waals surface area (Å²) in [5.41, 5.74) is 2.62. The maximum atomic E-state index is 12.7. The summed E-state index contributed by atoms with van der Waals surface area (Å²) in [6.07, 6.45) is 1.85. The first-order chi connectivity index (χ1) is 15.5. The number of rotatable bonds is 5. The van der Waals surface area contributed by atoms with Gasteiger partial charge in [-0.3, -0.25) is 19.2 Å². The summed E-state index contributed by atoms with van der Waals surface area (Å²) in [4.78, 5) is 51.0. The molecule has 32 heavy (non-hydrogen) atoms. The van der Waals surface area contributed by atoms with Gasteiger partial charge >= 0.3 is 0 Å². The smallest absolute Gasteiger partial charge is 0.266 e. The normalized spacial score (nSPS) is 14.8. The zero-order valence-electron chi connectivity index (χ0n) is 17.0. The molecule has 3 aromatic rings. The molecule has 2 aliphatic rings. The molecule has 1 fully saturated rings. The fraction of sp³-hybridized carbons (Fsp3) is 0.120. The molecule has 0 bridgehead atoms. The average molecular weight is 425 g/mol. The molecule has 1 aliphatic heterocycles. The molecule has 0 saturated heterocycles. The van der Waals surface area contributed by atoms with Gasteiger partial charge in [-0.05, 0) is 67.4 Å². The monoisotopic (exact) mass is 425 g/mol. The highest BCUT2D eigenvalue weighted by molar-refractivity contribution is 6.34. The molecule has 2 N–H and O–H groups in total. The highest BCUT2D eigenvalue weighted by Crippen LogP contribution is 2.31. The van der Waals surface area contributed by atoms with Crippen LogP contribution in [0.4, 0.5) is 17.1 Å². The van der Waals surface area contributed by atoms with Gasteiger partial charge in [0.15, 0.2) is 0 Å². The first-order valence-corrected chi connectivity index (χ1v) is 10.3. The Morgan fingerprint density at radius 3 is 2.03 bits per heavy atom. The van der Waals surface area contributed by atoms with Crippen LogP contribution in [0.5, 0.6) is 0 Å². The van der Waals surface area contributed by atoms with Crippen molar-refractivity contribution in [3.05, 3.63) is 89.5 Å². The minimum atomic E-state index is -0.391. The van der Waals surface area contributed by atoms with Crippen molar-refractivity contribution in [3.63, 3.8) is 0 Å². The molecule has 0 radical (unpaired) electrons. The summed E-state index contributed by atoms with van der Waals surface area (Å²) in [7, 11) is 0. The molecule has 0 unspecified atom stereocenters. The summed E-state index contributed by atoms with van der Waals surface area (Å²) >= 11 is 0. The Hall–Kier alpha value is -4.26. The predicted octanol–water partition coefficient (Wildman–Crippen LogP) is 4.09. The zero-order chi connectivity index (χ0) is 22.2. The number of fused-ring (bicyclic) bond motifs is 1. The van der Waals surface area contributed by atoms with Gasteiger partial charge in [0, 0.05) is 22.9 Å².